The van der Waals surface area contributed by atoms with Gasteiger partial charge in [0.05, 0.1) is 0 Å². The van der Waals surface area contributed by atoms with Crippen LogP contribution in [0, 0.1) is 0 Å². The van der Waals surface area contributed by atoms with E-state index in [1.807, 2.05) is 24.3 Å². The number of carbonyl (C=O) groups is 1. The minimum Gasteiger partial charge on any atom is -0.508 e. The molecular formula is C43H36F6O7. The summed E-state index contributed by atoms with van der Waals surface area (Å²) in [5, 5.41) is 55.1. The zero-order chi connectivity index (χ0) is 41.5. The molecule has 292 valence electrons. The molecule has 0 spiro atoms. The predicted octanol–water partition coefficient (Wildman–Crippen LogP) is 10.3. The first-order valence-corrected chi connectivity index (χ1v) is 16.6. The second kappa shape index (κ2) is 16.8. The molecule has 7 nitrogen and oxygen atoms in total. The quantitative estimate of drug-likeness (QED) is 0.0731. The number of phenolic OH excluding ortho intramolecular Hbond substituents is 6. The Labute approximate surface area is 317 Å². The number of halogens is 6. The fraction of sp³-hybridized carbons (Fsp3) is 0.140. The Morgan fingerprint density at radius 3 is 0.768 bits per heavy atom. The molecule has 0 atom stereocenters. The maximum Gasteiger partial charge on any atom is 0.411 e. The minimum atomic E-state index is -5.70. The molecule has 0 saturated carbocycles. The van der Waals surface area contributed by atoms with Gasteiger partial charge in [0.15, 0.2) is 5.78 Å². The zero-order valence-corrected chi connectivity index (χ0v) is 29.7. The van der Waals surface area contributed by atoms with Crippen LogP contribution in [0.1, 0.15) is 52.0 Å². The molecule has 0 heterocycles. The van der Waals surface area contributed by atoms with Crippen LogP contribution in [-0.4, -0.2) is 48.8 Å². The van der Waals surface area contributed by atoms with Gasteiger partial charge in [-0.25, -0.2) is 0 Å². The van der Waals surface area contributed by atoms with Crippen molar-refractivity contribution in [1.82, 2.24) is 0 Å². The Balaban J connectivity index is 0.000000190. The van der Waals surface area contributed by atoms with Gasteiger partial charge in [-0.1, -0.05) is 62.4 Å². The molecule has 0 saturated heterocycles. The molecule has 13 heteroatoms. The Bertz CT molecular complexity index is 2020. The SMILES string of the molecule is CC(C)(c1ccc(O)cc1)c1ccc(O)cc1.O=C(c1ccc(O)cc1)c1ccc(O)cc1.Oc1ccc(C(c2ccc(O)cc2)(C(F)(F)F)C(F)(F)F)cc1. The molecule has 0 aliphatic heterocycles. The van der Waals surface area contributed by atoms with E-state index in [-0.39, 0.29) is 34.2 Å². The van der Waals surface area contributed by atoms with Crippen LogP contribution in [0.5, 0.6) is 34.5 Å². The number of rotatable bonds is 6. The third kappa shape index (κ3) is 9.53. The molecule has 0 fully saturated rings. The van der Waals surface area contributed by atoms with Gasteiger partial charge in [-0.3, -0.25) is 4.79 Å². The summed E-state index contributed by atoms with van der Waals surface area (Å²) in [5.41, 5.74) is -3.33. The van der Waals surface area contributed by atoms with Gasteiger partial charge in [0.25, 0.3) is 0 Å². The van der Waals surface area contributed by atoms with E-state index in [0.29, 0.717) is 35.4 Å². The number of aromatic hydroxyl groups is 6. The summed E-state index contributed by atoms with van der Waals surface area (Å²) in [6, 6.07) is 31.8. The summed E-state index contributed by atoms with van der Waals surface area (Å²) < 4.78 is 81.6. The number of ketones is 1. The molecule has 6 N–H and O–H groups in total. The number of alkyl halides is 6. The fourth-order valence-electron chi connectivity index (χ4n) is 5.72. The van der Waals surface area contributed by atoms with Crippen molar-refractivity contribution >= 4 is 5.78 Å². The number of phenols is 6. The molecule has 0 bridgehead atoms. The van der Waals surface area contributed by atoms with Gasteiger partial charge in [0.2, 0.25) is 5.41 Å². The lowest BCUT2D eigenvalue weighted by Crippen LogP contribution is -2.54. The maximum atomic E-state index is 13.6. The van der Waals surface area contributed by atoms with Crippen molar-refractivity contribution in [1.29, 1.82) is 0 Å². The van der Waals surface area contributed by atoms with E-state index in [9.17, 15) is 41.4 Å². The van der Waals surface area contributed by atoms with Crippen LogP contribution in [0.15, 0.2) is 146 Å². The minimum absolute atomic E-state index is 0.127. The molecule has 0 radical (unpaired) electrons. The predicted molar refractivity (Wildman–Crippen MR) is 197 cm³/mol. The number of hydrogen-bond acceptors (Lipinski definition) is 7. The molecule has 6 rings (SSSR count). The Hall–Kier alpha value is -6.63. The first-order valence-electron chi connectivity index (χ1n) is 16.6. The van der Waals surface area contributed by atoms with Gasteiger partial charge in [0, 0.05) is 16.5 Å². The van der Waals surface area contributed by atoms with Gasteiger partial charge in [-0.15, -0.1) is 0 Å². The van der Waals surface area contributed by atoms with E-state index in [1.165, 1.54) is 24.3 Å². The van der Waals surface area contributed by atoms with Crippen LogP contribution < -0.4 is 0 Å². The van der Waals surface area contributed by atoms with Crippen molar-refractivity contribution in [3.8, 4) is 34.5 Å². The van der Waals surface area contributed by atoms with Gasteiger partial charge in [-0.2, -0.15) is 26.3 Å². The highest BCUT2D eigenvalue weighted by Crippen LogP contribution is 2.56. The fourth-order valence-corrected chi connectivity index (χ4v) is 5.72. The largest absolute Gasteiger partial charge is 0.508 e. The van der Waals surface area contributed by atoms with Gasteiger partial charge < -0.3 is 30.6 Å². The molecule has 0 unspecified atom stereocenters. The first-order chi connectivity index (χ1) is 26.2. The summed E-state index contributed by atoms with van der Waals surface area (Å²) in [6.07, 6.45) is -11.4. The summed E-state index contributed by atoms with van der Waals surface area (Å²) in [7, 11) is 0. The van der Waals surface area contributed by atoms with Crippen LogP contribution in [0.3, 0.4) is 0 Å². The lowest BCUT2D eigenvalue weighted by molar-refractivity contribution is -0.288. The van der Waals surface area contributed by atoms with E-state index < -0.39 is 40.4 Å². The normalized spacial score (nSPS) is 11.7. The molecule has 0 amide bonds. The molecule has 56 heavy (non-hydrogen) atoms. The van der Waals surface area contributed by atoms with Crippen molar-refractivity contribution in [2.75, 3.05) is 0 Å². The van der Waals surface area contributed by atoms with Crippen LogP contribution in [0.4, 0.5) is 26.3 Å². The van der Waals surface area contributed by atoms with Gasteiger partial charge in [0.1, 0.15) is 34.5 Å². The lowest BCUT2D eigenvalue weighted by Gasteiger charge is -2.38. The Morgan fingerprint density at radius 1 is 0.357 bits per heavy atom. The van der Waals surface area contributed by atoms with E-state index in [2.05, 4.69) is 13.8 Å². The zero-order valence-electron chi connectivity index (χ0n) is 29.7. The molecule has 6 aromatic carbocycles. The maximum absolute atomic E-state index is 13.6. The van der Waals surface area contributed by atoms with Crippen molar-refractivity contribution < 1.29 is 61.8 Å². The van der Waals surface area contributed by atoms with Crippen LogP contribution in [-0.2, 0) is 10.8 Å². The van der Waals surface area contributed by atoms with Crippen LogP contribution >= 0.6 is 0 Å². The molecule has 0 aliphatic carbocycles. The standard InChI is InChI=1S/C15H10F6O2.C15H16O2.C13H10O3/c16-14(17,18)13(15(19,20)21,9-1-5-11(22)6-2-9)10-3-7-12(23)8-4-10;1-15(2,11-3-7-13(16)8-4-11)12-5-9-14(17)10-6-12;14-11-5-1-9(2-6-11)13(16)10-3-7-12(15)8-4-10/h1-8,22-23H;3-10,16-17H,1-2H3;1-8,14-15H. The second-order valence-electron chi connectivity index (χ2n) is 13.0. The summed E-state index contributed by atoms with van der Waals surface area (Å²) >= 11 is 0. The van der Waals surface area contributed by atoms with E-state index >= 15 is 0 Å². The Kier molecular flexibility index (Phi) is 12.6. The molecule has 0 aliphatic rings. The molecular weight excluding hydrogens is 742 g/mol. The van der Waals surface area contributed by atoms with Crippen molar-refractivity contribution in [2.24, 2.45) is 0 Å². The average molecular weight is 779 g/mol. The van der Waals surface area contributed by atoms with Crippen molar-refractivity contribution in [3.05, 3.63) is 179 Å². The Morgan fingerprint density at radius 2 is 0.554 bits per heavy atom. The van der Waals surface area contributed by atoms with Crippen molar-refractivity contribution in [3.63, 3.8) is 0 Å². The molecule has 0 aromatic heterocycles. The van der Waals surface area contributed by atoms with Gasteiger partial charge in [-0.05, 0) is 119 Å². The average Bonchev–Trinajstić information content (AvgIpc) is 3.13. The number of carbonyl (C=O) groups excluding carboxylic acids is 1. The van der Waals surface area contributed by atoms with Gasteiger partial charge >= 0.3 is 12.4 Å². The van der Waals surface area contributed by atoms with E-state index in [4.69, 9.17) is 20.4 Å². The first kappa shape index (κ1) is 42.1. The van der Waals surface area contributed by atoms with Crippen molar-refractivity contribution in [2.45, 2.75) is 37.0 Å². The summed E-state index contributed by atoms with van der Waals surface area (Å²) in [5.74, 6) is -0.259. The highest BCUT2D eigenvalue weighted by molar-refractivity contribution is 6.09. The summed E-state index contributed by atoms with van der Waals surface area (Å²) in [4.78, 5) is 11.9. The number of hydrogen-bond donors (Lipinski definition) is 6. The van der Waals surface area contributed by atoms with E-state index in [1.54, 1.807) is 48.5 Å². The molecule has 6 aromatic rings. The highest BCUT2D eigenvalue weighted by atomic mass is 19.4. The summed E-state index contributed by atoms with van der Waals surface area (Å²) in [6.45, 7) is 4.23. The smallest absolute Gasteiger partial charge is 0.411 e. The van der Waals surface area contributed by atoms with Crippen LogP contribution in [0.2, 0.25) is 0 Å². The third-order valence-corrected chi connectivity index (χ3v) is 8.89. The number of benzene rings is 6. The third-order valence-electron chi connectivity index (χ3n) is 8.89. The monoisotopic (exact) mass is 778 g/mol. The highest BCUT2D eigenvalue weighted by Gasteiger charge is 2.72. The lowest BCUT2D eigenvalue weighted by atomic mass is 9.73. The van der Waals surface area contributed by atoms with E-state index in [0.717, 1.165) is 35.4 Å². The topological polar surface area (TPSA) is 138 Å². The second-order valence-corrected chi connectivity index (χ2v) is 13.0. The van der Waals surface area contributed by atoms with Crippen LogP contribution in [0.25, 0.3) is 0 Å².